The van der Waals surface area contributed by atoms with E-state index in [-0.39, 0.29) is 0 Å². The Hall–Kier alpha value is -1.18. The summed E-state index contributed by atoms with van der Waals surface area (Å²) in [5.41, 5.74) is 9.87. The smallest absolute Gasteiger partial charge is 0.328 e. The molecule has 0 heterocycles. The van der Waals surface area contributed by atoms with Gasteiger partial charge in [-0.1, -0.05) is 6.58 Å². The third kappa shape index (κ3) is 3.96. The van der Waals surface area contributed by atoms with Gasteiger partial charge >= 0.3 is 5.27 Å². The molecular formula is C11H15BIN4. The molecule has 0 aromatic heterocycles. The van der Waals surface area contributed by atoms with Crippen LogP contribution in [0.25, 0.3) is 0 Å². The molecule has 4 N–H and O–H groups in total. The third-order valence-corrected chi connectivity index (χ3v) is 2.59. The Morgan fingerprint density at radius 3 is 2.82 bits per heavy atom. The van der Waals surface area contributed by atoms with Gasteiger partial charge in [-0.3, -0.25) is 4.99 Å². The van der Waals surface area contributed by atoms with E-state index >= 15 is 0 Å². The number of rotatable bonds is 5. The highest BCUT2D eigenvalue weighted by Gasteiger charge is 2.01. The molecule has 0 atom stereocenters. The van der Waals surface area contributed by atoms with Gasteiger partial charge in [0.25, 0.3) is 0 Å². The number of anilines is 2. The molecule has 1 radical (unpaired) electrons. The quantitative estimate of drug-likeness (QED) is 0.334. The van der Waals surface area contributed by atoms with Gasteiger partial charge in [0.2, 0.25) is 0 Å². The van der Waals surface area contributed by atoms with Crippen molar-refractivity contribution in [3.63, 3.8) is 0 Å². The standard InChI is InChI=1S/C11H15BIN4/c1-7(15-3)8(2)16-9-4-5-10(14)11(6-9)17-12-13/h4-6,15,17H,1,14H2,2-3H3. The maximum absolute atomic E-state index is 5.83. The predicted octanol–water partition coefficient (Wildman–Crippen LogP) is 2.48. The van der Waals surface area contributed by atoms with E-state index in [9.17, 15) is 0 Å². The van der Waals surface area contributed by atoms with Gasteiger partial charge in [-0.25, -0.2) is 0 Å². The van der Waals surface area contributed by atoms with Crippen LogP contribution in [0.2, 0.25) is 0 Å². The van der Waals surface area contributed by atoms with E-state index in [0.717, 1.165) is 22.8 Å². The zero-order chi connectivity index (χ0) is 12.8. The maximum atomic E-state index is 5.83. The van der Waals surface area contributed by atoms with Crippen molar-refractivity contribution in [2.24, 2.45) is 4.99 Å². The minimum Gasteiger partial charge on any atom is -0.421 e. The molecule has 17 heavy (non-hydrogen) atoms. The van der Waals surface area contributed by atoms with Gasteiger partial charge in [0.15, 0.2) is 0 Å². The summed E-state index contributed by atoms with van der Waals surface area (Å²) in [6, 6.07) is 5.60. The molecule has 0 saturated heterocycles. The van der Waals surface area contributed by atoms with Crippen molar-refractivity contribution in [1.29, 1.82) is 0 Å². The van der Waals surface area contributed by atoms with Crippen molar-refractivity contribution in [2.75, 3.05) is 18.0 Å². The second kappa shape index (κ2) is 6.53. The summed E-state index contributed by atoms with van der Waals surface area (Å²) in [5.74, 6) is 0. The largest absolute Gasteiger partial charge is 0.421 e. The average molecular weight is 341 g/mol. The first kappa shape index (κ1) is 13.9. The zero-order valence-electron chi connectivity index (χ0n) is 9.92. The number of aliphatic imine (C=N–C) groups is 1. The Morgan fingerprint density at radius 1 is 1.53 bits per heavy atom. The lowest BCUT2D eigenvalue weighted by Gasteiger charge is -2.08. The van der Waals surface area contributed by atoms with Crippen LogP contribution < -0.4 is 16.3 Å². The first-order valence-electron chi connectivity index (χ1n) is 5.08. The molecule has 0 aliphatic rings. The van der Waals surface area contributed by atoms with E-state index in [1.807, 2.05) is 32.2 Å². The lowest BCUT2D eigenvalue weighted by atomic mass is 10.2. The van der Waals surface area contributed by atoms with Crippen molar-refractivity contribution in [3.05, 3.63) is 30.5 Å². The Bertz CT molecular complexity index is 445. The second-order valence-electron chi connectivity index (χ2n) is 3.45. The van der Waals surface area contributed by atoms with Crippen LogP contribution in [0.1, 0.15) is 6.92 Å². The van der Waals surface area contributed by atoms with Crippen molar-refractivity contribution in [2.45, 2.75) is 6.92 Å². The summed E-state index contributed by atoms with van der Waals surface area (Å²) in [7, 11) is 1.82. The first-order valence-corrected chi connectivity index (χ1v) is 6.33. The summed E-state index contributed by atoms with van der Waals surface area (Å²) in [4.78, 5) is 4.46. The molecule has 1 aromatic carbocycles. The van der Waals surface area contributed by atoms with Crippen LogP contribution in [-0.2, 0) is 0 Å². The first-order chi connectivity index (χ1) is 8.08. The molecule has 1 rings (SSSR count). The molecule has 0 amide bonds. The Balaban J connectivity index is 3.00. The molecule has 0 spiro atoms. The highest BCUT2D eigenvalue weighted by molar-refractivity contribution is 14.1. The minimum absolute atomic E-state index is 0.696. The molecule has 6 heteroatoms. The number of halogens is 1. The third-order valence-electron chi connectivity index (χ3n) is 2.28. The van der Waals surface area contributed by atoms with Gasteiger partial charge < -0.3 is 16.3 Å². The van der Waals surface area contributed by atoms with Gasteiger partial charge in [0.1, 0.15) is 0 Å². The Kier molecular flexibility index (Phi) is 5.34. The van der Waals surface area contributed by atoms with E-state index in [0.29, 0.717) is 5.69 Å². The summed E-state index contributed by atoms with van der Waals surface area (Å²) in [5, 5.41) is 7.83. The molecule has 4 nitrogen and oxygen atoms in total. The highest BCUT2D eigenvalue weighted by atomic mass is 127. The van der Waals surface area contributed by atoms with Crippen LogP contribution in [0, 0.1) is 0 Å². The van der Waals surface area contributed by atoms with Crippen molar-refractivity contribution < 1.29 is 0 Å². The molecule has 0 saturated carbocycles. The molecule has 1 aromatic rings. The van der Waals surface area contributed by atoms with Gasteiger partial charge in [0, 0.05) is 18.4 Å². The summed E-state index contributed by atoms with van der Waals surface area (Å²) in [6.45, 7) is 5.77. The fraction of sp³-hybridized carbons (Fsp3) is 0.182. The van der Waals surface area contributed by atoms with E-state index in [1.54, 1.807) is 5.27 Å². The fourth-order valence-electron chi connectivity index (χ4n) is 1.24. The van der Waals surface area contributed by atoms with Crippen LogP contribution in [0.4, 0.5) is 17.1 Å². The maximum Gasteiger partial charge on any atom is 0.328 e. The van der Waals surface area contributed by atoms with Crippen molar-refractivity contribution in [3.8, 4) is 0 Å². The lowest BCUT2D eigenvalue weighted by Crippen LogP contribution is -2.11. The molecular weight excluding hydrogens is 326 g/mol. The number of hydrogen-bond donors (Lipinski definition) is 3. The van der Waals surface area contributed by atoms with Crippen molar-refractivity contribution >= 4 is 50.4 Å². The Labute approximate surface area is 116 Å². The number of hydrogen-bond acceptors (Lipinski definition) is 4. The van der Waals surface area contributed by atoms with Crippen LogP contribution in [0.3, 0.4) is 0 Å². The molecule has 0 bridgehead atoms. The van der Waals surface area contributed by atoms with E-state index in [2.05, 4.69) is 44.5 Å². The van der Waals surface area contributed by atoms with Gasteiger partial charge in [-0.05, 0) is 25.1 Å². The molecule has 89 valence electrons. The van der Waals surface area contributed by atoms with E-state index in [4.69, 9.17) is 5.73 Å². The SMILES string of the molecule is C=C(NC)C(C)=Nc1ccc(N)c(N[B]I)c1. The van der Waals surface area contributed by atoms with Crippen LogP contribution in [-0.4, -0.2) is 18.0 Å². The average Bonchev–Trinajstić information content (AvgIpc) is 2.32. The fourth-order valence-corrected chi connectivity index (χ4v) is 1.58. The van der Waals surface area contributed by atoms with Crippen LogP contribution in [0.5, 0.6) is 0 Å². The number of nitrogens with zero attached hydrogens (tertiary/aromatic N) is 1. The van der Waals surface area contributed by atoms with Crippen molar-refractivity contribution in [1.82, 2.24) is 5.32 Å². The molecule has 0 aliphatic carbocycles. The Morgan fingerprint density at radius 2 is 2.24 bits per heavy atom. The van der Waals surface area contributed by atoms with E-state index < -0.39 is 0 Å². The summed E-state index contributed by atoms with van der Waals surface area (Å²) >= 11 is 2.11. The monoisotopic (exact) mass is 341 g/mol. The normalized spacial score (nSPS) is 10.9. The number of nitrogen functional groups attached to an aromatic ring is 1. The summed E-state index contributed by atoms with van der Waals surface area (Å²) < 4.78 is 0. The number of nitrogens with one attached hydrogen (secondary N) is 2. The lowest BCUT2D eigenvalue weighted by molar-refractivity contribution is 1.06. The second-order valence-corrected chi connectivity index (χ2v) is 4.07. The number of benzene rings is 1. The van der Waals surface area contributed by atoms with Crippen LogP contribution >= 0.6 is 22.4 Å². The zero-order valence-corrected chi connectivity index (χ0v) is 12.1. The summed E-state index contributed by atoms with van der Waals surface area (Å²) in [6.07, 6.45) is 0. The van der Waals surface area contributed by atoms with E-state index in [1.165, 1.54) is 0 Å². The number of nitrogens with two attached hydrogens (primary N) is 1. The van der Waals surface area contributed by atoms with Gasteiger partial charge in [0.05, 0.1) is 17.1 Å². The van der Waals surface area contributed by atoms with Gasteiger partial charge in [-0.15, -0.1) is 22.4 Å². The van der Waals surface area contributed by atoms with Crippen LogP contribution in [0.15, 0.2) is 35.5 Å². The highest BCUT2D eigenvalue weighted by Crippen LogP contribution is 2.25. The van der Waals surface area contributed by atoms with Gasteiger partial charge in [-0.2, -0.15) is 0 Å². The topological polar surface area (TPSA) is 62.4 Å². The minimum atomic E-state index is 0.696. The predicted molar refractivity (Wildman–Crippen MR) is 85.2 cm³/mol. The molecule has 0 unspecified atom stereocenters. The number of allylic oxidation sites excluding steroid dienone is 1. The molecule has 0 fully saturated rings. The molecule has 0 aliphatic heterocycles.